The number of rotatable bonds is 4. The van der Waals surface area contributed by atoms with E-state index in [1.807, 2.05) is 6.07 Å². The molecule has 0 saturated carbocycles. The molecule has 1 N–H and O–H groups in total. The van der Waals surface area contributed by atoms with E-state index in [0.717, 1.165) is 30.5 Å². The first kappa shape index (κ1) is 17.9. The SMILES string of the molecule is CN(C)S(=O)(=O)c1ccc2c(c1)N(C(=O)CC1CC3CCC(C1)N3)CC2. The van der Waals surface area contributed by atoms with Crippen molar-refractivity contribution in [2.24, 2.45) is 5.92 Å². The first-order valence-corrected chi connectivity index (χ1v) is 10.9. The van der Waals surface area contributed by atoms with Gasteiger partial charge in [-0.15, -0.1) is 0 Å². The lowest BCUT2D eigenvalue weighted by Gasteiger charge is -2.30. The lowest BCUT2D eigenvalue weighted by atomic mass is 9.89. The second-order valence-electron chi connectivity index (χ2n) is 8.05. The molecular formula is C19H27N3O3S. The molecule has 3 aliphatic rings. The molecule has 0 aromatic heterocycles. The highest BCUT2D eigenvalue weighted by atomic mass is 32.2. The highest BCUT2D eigenvalue weighted by Crippen LogP contribution is 2.36. The maximum absolute atomic E-state index is 13.0. The van der Waals surface area contributed by atoms with Crippen LogP contribution in [0.15, 0.2) is 23.1 Å². The van der Waals surface area contributed by atoms with Crippen LogP contribution in [0.2, 0.25) is 0 Å². The Hall–Kier alpha value is -1.44. The molecule has 1 amide bonds. The molecule has 2 unspecified atom stereocenters. The Balaban J connectivity index is 1.52. The summed E-state index contributed by atoms with van der Waals surface area (Å²) in [6.07, 6.45) is 5.98. The van der Waals surface area contributed by atoms with Crippen molar-refractivity contribution in [3.8, 4) is 0 Å². The third-order valence-corrected chi connectivity index (χ3v) is 7.88. The summed E-state index contributed by atoms with van der Waals surface area (Å²) in [4.78, 5) is 15.0. The molecule has 0 radical (unpaired) electrons. The summed E-state index contributed by atoms with van der Waals surface area (Å²) in [5.74, 6) is 0.577. The molecule has 1 aromatic rings. The predicted octanol–water partition coefficient (Wildman–Crippen LogP) is 1.75. The van der Waals surface area contributed by atoms with E-state index in [2.05, 4.69) is 5.32 Å². The molecule has 3 heterocycles. The van der Waals surface area contributed by atoms with E-state index >= 15 is 0 Å². The Kier molecular flexibility index (Phi) is 4.57. The molecule has 142 valence electrons. The van der Waals surface area contributed by atoms with Crippen LogP contribution in [0.4, 0.5) is 5.69 Å². The van der Waals surface area contributed by atoms with Gasteiger partial charge in [-0.05, 0) is 55.7 Å². The van der Waals surface area contributed by atoms with Crippen LogP contribution >= 0.6 is 0 Å². The van der Waals surface area contributed by atoms with E-state index in [0.29, 0.717) is 31.0 Å². The van der Waals surface area contributed by atoms with Gasteiger partial charge >= 0.3 is 0 Å². The average molecular weight is 378 g/mol. The zero-order valence-corrected chi connectivity index (χ0v) is 16.3. The fraction of sp³-hybridized carbons (Fsp3) is 0.632. The number of carbonyl (C=O) groups excluding carboxylic acids is 1. The zero-order valence-electron chi connectivity index (χ0n) is 15.4. The Morgan fingerprint density at radius 2 is 1.92 bits per heavy atom. The van der Waals surface area contributed by atoms with Gasteiger partial charge in [-0.2, -0.15) is 0 Å². The van der Waals surface area contributed by atoms with Crippen molar-refractivity contribution in [2.45, 2.75) is 55.5 Å². The van der Waals surface area contributed by atoms with Crippen LogP contribution in [0.3, 0.4) is 0 Å². The molecule has 0 spiro atoms. The lowest BCUT2D eigenvalue weighted by molar-refractivity contribution is -0.119. The highest BCUT2D eigenvalue weighted by molar-refractivity contribution is 7.89. The molecule has 3 aliphatic heterocycles. The molecule has 7 heteroatoms. The first-order valence-electron chi connectivity index (χ1n) is 9.46. The summed E-state index contributed by atoms with van der Waals surface area (Å²) < 4.78 is 26.0. The quantitative estimate of drug-likeness (QED) is 0.868. The minimum absolute atomic E-state index is 0.134. The normalized spacial score (nSPS) is 27.8. The van der Waals surface area contributed by atoms with Gasteiger partial charge in [-0.25, -0.2) is 12.7 Å². The van der Waals surface area contributed by atoms with Gasteiger partial charge in [0.2, 0.25) is 15.9 Å². The average Bonchev–Trinajstić information content (AvgIpc) is 3.17. The summed E-state index contributed by atoms with van der Waals surface area (Å²) in [6.45, 7) is 0.650. The van der Waals surface area contributed by atoms with E-state index in [1.54, 1.807) is 17.0 Å². The van der Waals surface area contributed by atoms with Gasteiger partial charge in [0.1, 0.15) is 0 Å². The molecule has 1 aromatic carbocycles. The number of anilines is 1. The van der Waals surface area contributed by atoms with Crippen molar-refractivity contribution >= 4 is 21.6 Å². The fourth-order valence-electron chi connectivity index (χ4n) is 4.69. The highest BCUT2D eigenvalue weighted by Gasteiger charge is 2.36. The molecule has 2 fully saturated rings. The molecule has 2 bridgehead atoms. The van der Waals surface area contributed by atoms with Crippen LogP contribution < -0.4 is 10.2 Å². The summed E-state index contributed by atoms with van der Waals surface area (Å²) in [5.41, 5.74) is 1.83. The number of hydrogen-bond acceptors (Lipinski definition) is 4. The van der Waals surface area contributed by atoms with Gasteiger partial charge in [-0.3, -0.25) is 4.79 Å². The minimum atomic E-state index is -3.49. The Labute approximate surface area is 155 Å². The van der Waals surface area contributed by atoms with Crippen molar-refractivity contribution in [2.75, 3.05) is 25.5 Å². The Bertz CT molecular complexity index is 809. The maximum atomic E-state index is 13.0. The van der Waals surface area contributed by atoms with Crippen LogP contribution in [0, 0.1) is 5.92 Å². The van der Waals surface area contributed by atoms with Crippen LogP contribution in [-0.4, -0.2) is 51.4 Å². The number of piperidine rings is 1. The molecule has 6 nitrogen and oxygen atoms in total. The molecule has 0 aliphatic carbocycles. The molecule has 26 heavy (non-hydrogen) atoms. The topological polar surface area (TPSA) is 69.7 Å². The maximum Gasteiger partial charge on any atom is 0.242 e. The third kappa shape index (κ3) is 3.17. The molecule has 2 saturated heterocycles. The number of carbonyl (C=O) groups is 1. The standard InChI is InChI=1S/C19H27N3O3S/c1-21(2)26(24,25)17-6-3-14-7-8-22(18(14)12-17)19(23)11-13-9-15-4-5-16(10-13)20-15/h3,6,12-13,15-16,20H,4-5,7-11H2,1-2H3. The second kappa shape index (κ2) is 6.62. The van der Waals surface area contributed by atoms with Crippen molar-refractivity contribution < 1.29 is 13.2 Å². The van der Waals surface area contributed by atoms with Crippen molar-refractivity contribution in [1.82, 2.24) is 9.62 Å². The van der Waals surface area contributed by atoms with E-state index in [4.69, 9.17) is 0 Å². The monoisotopic (exact) mass is 377 g/mol. The van der Waals surface area contributed by atoms with Crippen molar-refractivity contribution in [1.29, 1.82) is 0 Å². The van der Waals surface area contributed by atoms with Gasteiger partial charge in [0.15, 0.2) is 0 Å². The number of benzene rings is 1. The van der Waals surface area contributed by atoms with Gasteiger partial charge in [0, 0.05) is 44.8 Å². The van der Waals surface area contributed by atoms with E-state index in [-0.39, 0.29) is 10.8 Å². The number of amides is 1. The largest absolute Gasteiger partial charge is 0.312 e. The van der Waals surface area contributed by atoms with E-state index in [9.17, 15) is 13.2 Å². The van der Waals surface area contributed by atoms with Crippen LogP contribution in [0.5, 0.6) is 0 Å². The summed E-state index contributed by atoms with van der Waals surface area (Å²) in [5, 5.41) is 3.62. The van der Waals surface area contributed by atoms with E-state index < -0.39 is 10.0 Å². The number of nitrogens with one attached hydrogen (secondary N) is 1. The molecule has 2 atom stereocenters. The smallest absolute Gasteiger partial charge is 0.242 e. The first-order chi connectivity index (χ1) is 12.3. The van der Waals surface area contributed by atoms with Gasteiger partial charge in [0.25, 0.3) is 0 Å². The second-order valence-corrected chi connectivity index (χ2v) is 10.2. The van der Waals surface area contributed by atoms with Crippen LogP contribution in [0.25, 0.3) is 0 Å². The lowest BCUT2D eigenvalue weighted by Crippen LogP contribution is -2.40. The summed E-state index contributed by atoms with van der Waals surface area (Å²) in [7, 11) is -0.445. The Morgan fingerprint density at radius 1 is 1.23 bits per heavy atom. The minimum Gasteiger partial charge on any atom is -0.312 e. The molecular weight excluding hydrogens is 350 g/mol. The number of sulfonamides is 1. The van der Waals surface area contributed by atoms with Gasteiger partial charge in [0.05, 0.1) is 4.90 Å². The van der Waals surface area contributed by atoms with Gasteiger partial charge in [-0.1, -0.05) is 6.07 Å². The number of nitrogens with zero attached hydrogens (tertiary/aromatic N) is 2. The summed E-state index contributed by atoms with van der Waals surface area (Å²) >= 11 is 0. The van der Waals surface area contributed by atoms with E-state index in [1.165, 1.54) is 31.2 Å². The fourth-order valence-corrected chi connectivity index (χ4v) is 5.61. The van der Waals surface area contributed by atoms with Crippen molar-refractivity contribution in [3.63, 3.8) is 0 Å². The van der Waals surface area contributed by atoms with Crippen LogP contribution in [0.1, 0.15) is 37.7 Å². The van der Waals surface area contributed by atoms with Crippen molar-refractivity contribution in [3.05, 3.63) is 23.8 Å². The summed E-state index contributed by atoms with van der Waals surface area (Å²) in [6, 6.07) is 6.32. The molecule has 4 rings (SSSR count). The third-order valence-electron chi connectivity index (χ3n) is 6.07. The Morgan fingerprint density at radius 3 is 2.58 bits per heavy atom. The van der Waals surface area contributed by atoms with Gasteiger partial charge < -0.3 is 10.2 Å². The number of fused-ring (bicyclic) bond motifs is 3. The zero-order chi connectivity index (χ0) is 18.5. The number of hydrogen-bond donors (Lipinski definition) is 1. The predicted molar refractivity (Wildman–Crippen MR) is 101 cm³/mol. The van der Waals surface area contributed by atoms with Crippen LogP contribution in [-0.2, 0) is 21.2 Å².